The van der Waals surface area contributed by atoms with Gasteiger partial charge in [0.25, 0.3) is 0 Å². The summed E-state index contributed by atoms with van der Waals surface area (Å²) < 4.78 is 0. The van der Waals surface area contributed by atoms with Gasteiger partial charge in [-0.2, -0.15) is 0 Å². The van der Waals surface area contributed by atoms with Crippen molar-refractivity contribution < 1.29 is 9.59 Å². The molecule has 4 nitrogen and oxygen atoms in total. The van der Waals surface area contributed by atoms with Gasteiger partial charge in [0, 0.05) is 34.2 Å². The lowest BCUT2D eigenvalue weighted by atomic mass is 9.89. The van der Waals surface area contributed by atoms with Gasteiger partial charge in [-0.05, 0) is 42.0 Å². The van der Waals surface area contributed by atoms with Gasteiger partial charge < -0.3 is 10.6 Å². The Labute approximate surface area is 162 Å². The maximum absolute atomic E-state index is 12.5. The molecule has 0 fully saturated rings. The van der Waals surface area contributed by atoms with Crippen molar-refractivity contribution in [3.63, 3.8) is 0 Å². The van der Waals surface area contributed by atoms with E-state index in [1.54, 1.807) is 11.3 Å². The number of benzene rings is 2. The first kappa shape index (κ1) is 17.5. The summed E-state index contributed by atoms with van der Waals surface area (Å²) in [5.41, 5.74) is 3.84. The number of thiophene rings is 1. The van der Waals surface area contributed by atoms with Gasteiger partial charge in [0.2, 0.25) is 11.8 Å². The predicted molar refractivity (Wildman–Crippen MR) is 110 cm³/mol. The van der Waals surface area contributed by atoms with E-state index in [1.807, 2.05) is 66.0 Å². The van der Waals surface area contributed by atoms with Crippen molar-refractivity contribution in [1.82, 2.24) is 0 Å². The van der Waals surface area contributed by atoms with Gasteiger partial charge in [-0.15, -0.1) is 11.3 Å². The van der Waals surface area contributed by atoms with Crippen LogP contribution in [0.3, 0.4) is 0 Å². The summed E-state index contributed by atoms with van der Waals surface area (Å²) in [5.74, 6) is -0.232. The molecule has 1 unspecified atom stereocenters. The summed E-state index contributed by atoms with van der Waals surface area (Å²) in [6.45, 7) is 0. The van der Waals surface area contributed by atoms with Crippen LogP contribution >= 0.6 is 11.3 Å². The lowest BCUT2D eigenvalue weighted by Crippen LogP contribution is -2.30. The molecule has 136 valence electrons. The van der Waals surface area contributed by atoms with Gasteiger partial charge in [0.15, 0.2) is 0 Å². The Morgan fingerprint density at radius 2 is 1.89 bits per heavy atom. The summed E-state index contributed by atoms with van der Waals surface area (Å²) in [6.07, 6.45) is 1.53. The lowest BCUT2D eigenvalue weighted by Gasteiger charge is -2.24. The van der Waals surface area contributed by atoms with Gasteiger partial charge in [0.05, 0.1) is 0 Å². The second-order valence-electron chi connectivity index (χ2n) is 6.66. The van der Waals surface area contributed by atoms with Gasteiger partial charge in [-0.25, -0.2) is 0 Å². The van der Waals surface area contributed by atoms with Crippen molar-refractivity contribution in [2.24, 2.45) is 5.92 Å². The highest BCUT2D eigenvalue weighted by Gasteiger charge is 2.26. The molecule has 0 radical (unpaired) electrons. The molecule has 0 aliphatic carbocycles. The third-order valence-electron chi connectivity index (χ3n) is 4.82. The number of hydrogen-bond acceptors (Lipinski definition) is 3. The van der Waals surface area contributed by atoms with Gasteiger partial charge >= 0.3 is 0 Å². The van der Waals surface area contributed by atoms with E-state index in [0.717, 1.165) is 27.4 Å². The fourth-order valence-corrected chi connectivity index (χ4v) is 4.17. The molecule has 2 N–H and O–H groups in total. The quantitative estimate of drug-likeness (QED) is 0.662. The largest absolute Gasteiger partial charge is 0.326 e. The average molecular weight is 376 g/mol. The molecule has 1 aromatic heterocycles. The third-order valence-corrected chi connectivity index (χ3v) is 5.72. The Bertz CT molecular complexity index is 966. The van der Waals surface area contributed by atoms with E-state index in [1.165, 1.54) is 0 Å². The summed E-state index contributed by atoms with van der Waals surface area (Å²) in [5, 5.41) is 7.97. The van der Waals surface area contributed by atoms with Gasteiger partial charge in [0.1, 0.15) is 0 Å². The van der Waals surface area contributed by atoms with Crippen LogP contribution in [0, 0.1) is 5.92 Å². The normalized spacial score (nSPS) is 15.7. The first-order valence-electron chi connectivity index (χ1n) is 9.02. The van der Waals surface area contributed by atoms with E-state index >= 15 is 0 Å². The molecule has 0 saturated carbocycles. The number of amides is 2. The lowest BCUT2D eigenvalue weighted by molar-refractivity contribution is -0.121. The van der Waals surface area contributed by atoms with E-state index in [0.29, 0.717) is 19.3 Å². The van der Waals surface area contributed by atoms with E-state index < -0.39 is 0 Å². The van der Waals surface area contributed by atoms with E-state index in [9.17, 15) is 9.59 Å². The molecule has 2 heterocycles. The third kappa shape index (κ3) is 3.93. The standard InChI is InChI=1S/C22H20N2O2S/c25-21(23-19-9-4-2-7-17(19)20-10-5-13-27-20)12-11-16-14-15-6-1-3-8-18(15)24-22(16)26/h1-10,13,16H,11-12,14H2,(H,23,25)(H,24,26). The Morgan fingerprint density at radius 1 is 1.07 bits per heavy atom. The molecule has 27 heavy (non-hydrogen) atoms. The molecular formula is C22H20N2O2S. The fraction of sp³-hybridized carbons (Fsp3) is 0.182. The highest BCUT2D eigenvalue weighted by atomic mass is 32.1. The number of rotatable bonds is 5. The van der Waals surface area contributed by atoms with Crippen LogP contribution in [0.15, 0.2) is 66.0 Å². The maximum Gasteiger partial charge on any atom is 0.227 e. The predicted octanol–water partition coefficient (Wildman–Crippen LogP) is 4.94. The van der Waals surface area contributed by atoms with E-state index in [4.69, 9.17) is 0 Å². The van der Waals surface area contributed by atoms with Crippen LogP contribution in [-0.4, -0.2) is 11.8 Å². The zero-order valence-corrected chi connectivity index (χ0v) is 15.6. The number of hydrogen-bond donors (Lipinski definition) is 2. The van der Waals surface area contributed by atoms with Crippen LogP contribution in [0.1, 0.15) is 18.4 Å². The van der Waals surface area contributed by atoms with Crippen molar-refractivity contribution in [1.29, 1.82) is 0 Å². The Kier molecular flexibility index (Phi) is 5.03. The topological polar surface area (TPSA) is 58.2 Å². The van der Waals surface area contributed by atoms with Crippen molar-refractivity contribution in [2.45, 2.75) is 19.3 Å². The molecular weight excluding hydrogens is 356 g/mol. The summed E-state index contributed by atoms with van der Waals surface area (Å²) in [6, 6.07) is 19.7. The van der Waals surface area contributed by atoms with E-state index in [-0.39, 0.29) is 17.7 Å². The first-order valence-corrected chi connectivity index (χ1v) is 9.90. The van der Waals surface area contributed by atoms with E-state index in [2.05, 4.69) is 10.6 Å². The maximum atomic E-state index is 12.5. The molecule has 1 aliphatic heterocycles. The molecule has 0 spiro atoms. The van der Waals surface area contributed by atoms with Crippen molar-refractivity contribution in [2.75, 3.05) is 10.6 Å². The highest BCUT2D eigenvalue weighted by Crippen LogP contribution is 2.32. The Balaban J connectivity index is 1.39. The Hall–Kier alpha value is -2.92. The number of carbonyl (C=O) groups is 2. The molecule has 0 saturated heterocycles. The second kappa shape index (κ2) is 7.76. The Morgan fingerprint density at radius 3 is 2.74 bits per heavy atom. The second-order valence-corrected chi connectivity index (χ2v) is 7.60. The number of nitrogens with one attached hydrogen (secondary N) is 2. The first-order chi connectivity index (χ1) is 13.2. The average Bonchev–Trinajstić information content (AvgIpc) is 3.21. The van der Waals surface area contributed by atoms with Gasteiger partial charge in [-0.3, -0.25) is 9.59 Å². The minimum Gasteiger partial charge on any atom is -0.326 e. The molecule has 2 aromatic carbocycles. The van der Waals surface area contributed by atoms with Crippen molar-refractivity contribution in [3.8, 4) is 10.4 Å². The zero-order valence-electron chi connectivity index (χ0n) is 14.8. The molecule has 1 aliphatic rings. The number of anilines is 2. The number of fused-ring (bicyclic) bond motifs is 1. The van der Waals surface area contributed by atoms with Crippen LogP contribution in [-0.2, 0) is 16.0 Å². The summed E-state index contributed by atoms with van der Waals surface area (Å²) in [7, 11) is 0. The molecule has 5 heteroatoms. The minimum absolute atomic E-state index is 0.000450. The SMILES string of the molecule is O=C(CCC1Cc2ccccc2NC1=O)Nc1ccccc1-c1cccs1. The van der Waals surface area contributed by atoms with Crippen LogP contribution in [0.2, 0.25) is 0 Å². The fourth-order valence-electron chi connectivity index (χ4n) is 3.40. The number of carbonyl (C=O) groups excluding carboxylic acids is 2. The van der Waals surface area contributed by atoms with Crippen LogP contribution in [0.4, 0.5) is 11.4 Å². The number of para-hydroxylation sites is 2. The van der Waals surface area contributed by atoms with Crippen molar-refractivity contribution >= 4 is 34.5 Å². The smallest absolute Gasteiger partial charge is 0.227 e. The molecule has 1 atom stereocenters. The summed E-state index contributed by atoms with van der Waals surface area (Å²) in [4.78, 5) is 25.9. The van der Waals surface area contributed by atoms with Crippen LogP contribution in [0.25, 0.3) is 10.4 Å². The minimum atomic E-state index is -0.168. The summed E-state index contributed by atoms with van der Waals surface area (Å²) >= 11 is 1.64. The van der Waals surface area contributed by atoms with Crippen LogP contribution in [0.5, 0.6) is 0 Å². The van der Waals surface area contributed by atoms with Crippen molar-refractivity contribution in [3.05, 3.63) is 71.6 Å². The molecule has 3 aromatic rings. The monoisotopic (exact) mass is 376 g/mol. The zero-order chi connectivity index (χ0) is 18.6. The molecule has 0 bridgehead atoms. The highest BCUT2D eigenvalue weighted by molar-refractivity contribution is 7.13. The van der Waals surface area contributed by atoms with Crippen LogP contribution < -0.4 is 10.6 Å². The molecule has 2 amide bonds. The molecule has 4 rings (SSSR count). The van der Waals surface area contributed by atoms with Gasteiger partial charge in [-0.1, -0.05) is 42.5 Å².